The summed E-state index contributed by atoms with van der Waals surface area (Å²) in [6.07, 6.45) is -1.22. The van der Waals surface area contributed by atoms with Crippen molar-refractivity contribution in [2.75, 3.05) is 0 Å². The van der Waals surface area contributed by atoms with Crippen LogP contribution in [0.25, 0.3) is 0 Å². The lowest BCUT2D eigenvalue weighted by molar-refractivity contribution is -0.321. The van der Waals surface area contributed by atoms with Crippen molar-refractivity contribution in [2.24, 2.45) is 0 Å². The number of hydrogen-bond donors (Lipinski definition) is 2. The summed E-state index contributed by atoms with van der Waals surface area (Å²) in [5.74, 6) is -1.89. The second kappa shape index (κ2) is 5.24. The highest BCUT2D eigenvalue weighted by atomic mass is 17.2. The second-order valence-corrected chi connectivity index (χ2v) is 2.95. The average molecular weight is 226 g/mol. The van der Waals surface area contributed by atoms with E-state index >= 15 is 0 Å². The molecule has 0 fully saturated rings. The summed E-state index contributed by atoms with van der Waals surface area (Å²) >= 11 is 0. The van der Waals surface area contributed by atoms with Gasteiger partial charge in [0.1, 0.15) is 0 Å². The predicted octanol–water partition coefficient (Wildman–Crippen LogP) is 0.811. The maximum atomic E-state index is 11.2. The normalized spacial score (nSPS) is 11.9. The molecular formula is C10H10O6. The maximum Gasteiger partial charge on any atom is 0.373 e. The molecule has 0 aromatic heterocycles. The van der Waals surface area contributed by atoms with Crippen LogP contribution in [0.15, 0.2) is 24.3 Å². The van der Waals surface area contributed by atoms with Crippen LogP contribution in [0, 0.1) is 0 Å². The van der Waals surface area contributed by atoms with Crippen molar-refractivity contribution in [1.29, 1.82) is 0 Å². The van der Waals surface area contributed by atoms with E-state index in [4.69, 9.17) is 10.2 Å². The molecule has 16 heavy (non-hydrogen) atoms. The number of carboxylic acids is 1. The summed E-state index contributed by atoms with van der Waals surface area (Å²) in [4.78, 5) is 30.2. The summed E-state index contributed by atoms with van der Waals surface area (Å²) in [7, 11) is 0. The largest absolute Gasteiger partial charge is 0.478 e. The number of aliphatic hydroxyl groups excluding tert-OH is 1. The van der Waals surface area contributed by atoms with Gasteiger partial charge < -0.3 is 10.2 Å². The number of benzene rings is 1. The molecule has 0 aliphatic heterocycles. The molecule has 0 aliphatic rings. The van der Waals surface area contributed by atoms with Crippen LogP contribution in [0.4, 0.5) is 0 Å². The van der Waals surface area contributed by atoms with Gasteiger partial charge in [-0.2, -0.15) is 4.89 Å². The highest BCUT2D eigenvalue weighted by Gasteiger charge is 2.11. The third kappa shape index (κ3) is 3.34. The van der Waals surface area contributed by atoms with Crippen molar-refractivity contribution in [1.82, 2.24) is 0 Å². The van der Waals surface area contributed by atoms with Crippen molar-refractivity contribution in [3.05, 3.63) is 35.4 Å². The fourth-order valence-electron chi connectivity index (χ4n) is 0.910. The van der Waals surface area contributed by atoms with E-state index < -0.39 is 18.2 Å². The Balaban J connectivity index is 2.67. The summed E-state index contributed by atoms with van der Waals surface area (Å²) < 4.78 is 0. The zero-order valence-corrected chi connectivity index (χ0v) is 8.41. The minimum absolute atomic E-state index is 0.0630. The van der Waals surface area contributed by atoms with E-state index in [2.05, 4.69) is 9.78 Å². The summed E-state index contributed by atoms with van der Waals surface area (Å²) in [6.45, 7) is 1.28. The molecule has 6 nitrogen and oxygen atoms in total. The Morgan fingerprint density at radius 1 is 1.19 bits per heavy atom. The first-order valence-electron chi connectivity index (χ1n) is 4.40. The topological polar surface area (TPSA) is 93.1 Å². The second-order valence-electron chi connectivity index (χ2n) is 2.95. The first kappa shape index (κ1) is 12.2. The van der Waals surface area contributed by atoms with Gasteiger partial charge >= 0.3 is 11.9 Å². The molecule has 1 aromatic carbocycles. The molecule has 1 rings (SSSR count). The lowest BCUT2D eigenvalue weighted by atomic mass is 10.1. The molecule has 0 radical (unpaired) electrons. The van der Waals surface area contributed by atoms with Crippen LogP contribution < -0.4 is 0 Å². The number of rotatable bonds is 4. The van der Waals surface area contributed by atoms with Gasteiger partial charge in [-0.3, -0.25) is 4.89 Å². The van der Waals surface area contributed by atoms with Gasteiger partial charge in [0.15, 0.2) is 6.29 Å². The Hall–Kier alpha value is -1.92. The van der Waals surface area contributed by atoms with E-state index in [1.54, 1.807) is 0 Å². The molecule has 0 spiro atoms. The Morgan fingerprint density at radius 3 is 2.12 bits per heavy atom. The van der Waals surface area contributed by atoms with Gasteiger partial charge in [-0.25, -0.2) is 9.59 Å². The van der Waals surface area contributed by atoms with Crippen molar-refractivity contribution < 1.29 is 29.6 Å². The molecule has 6 heteroatoms. The Morgan fingerprint density at radius 2 is 1.69 bits per heavy atom. The van der Waals surface area contributed by atoms with Crippen LogP contribution in [-0.2, 0) is 9.78 Å². The lowest BCUT2D eigenvalue weighted by Crippen LogP contribution is -2.12. The average Bonchev–Trinajstić information content (AvgIpc) is 2.26. The van der Waals surface area contributed by atoms with Crippen molar-refractivity contribution in [3.8, 4) is 0 Å². The molecular weight excluding hydrogens is 216 g/mol. The van der Waals surface area contributed by atoms with Gasteiger partial charge in [0.2, 0.25) is 0 Å². The van der Waals surface area contributed by atoms with Crippen LogP contribution >= 0.6 is 0 Å². The van der Waals surface area contributed by atoms with E-state index in [0.29, 0.717) is 0 Å². The van der Waals surface area contributed by atoms with Gasteiger partial charge in [0, 0.05) is 0 Å². The number of carboxylic acid groups (broad SMARTS) is 1. The standard InChI is InChI=1S/C10H10O6/c1-6(11)15-16-10(14)8-4-2-7(3-5-8)9(12)13/h2-6,11H,1H3,(H,12,13). The molecule has 0 saturated heterocycles. The number of aromatic carboxylic acids is 1. The molecule has 1 aromatic rings. The van der Waals surface area contributed by atoms with E-state index in [1.165, 1.54) is 31.2 Å². The monoisotopic (exact) mass is 226 g/mol. The summed E-state index contributed by atoms with van der Waals surface area (Å²) in [5.41, 5.74) is 0.193. The van der Waals surface area contributed by atoms with Crippen LogP contribution in [0.1, 0.15) is 27.6 Å². The first-order valence-corrected chi connectivity index (χ1v) is 4.40. The van der Waals surface area contributed by atoms with Gasteiger partial charge in [0.25, 0.3) is 0 Å². The smallest absolute Gasteiger partial charge is 0.373 e. The zero-order chi connectivity index (χ0) is 12.1. The van der Waals surface area contributed by atoms with Crippen LogP contribution in [-0.4, -0.2) is 28.4 Å². The molecule has 0 saturated carbocycles. The molecule has 1 atom stereocenters. The van der Waals surface area contributed by atoms with Crippen LogP contribution in [0.3, 0.4) is 0 Å². The molecule has 0 amide bonds. The fourth-order valence-corrected chi connectivity index (χ4v) is 0.910. The molecule has 0 aliphatic carbocycles. The molecule has 0 bridgehead atoms. The Kier molecular flexibility index (Phi) is 3.98. The Bertz CT molecular complexity index is 381. The summed E-state index contributed by atoms with van der Waals surface area (Å²) in [6, 6.07) is 5.11. The van der Waals surface area contributed by atoms with Gasteiger partial charge in [-0.15, -0.1) is 0 Å². The highest BCUT2D eigenvalue weighted by molar-refractivity contribution is 5.92. The fraction of sp³-hybridized carbons (Fsp3) is 0.200. The quantitative estimate of drug-likeness (QED) is 0.448. The number of aliphatic hydroxyl groups is 1. The number of hydrogen-bond acceptors (Lipinski definition) is 5. The third-order valence-corrected chi connectivity index (χ3v) is 1.63. The minimum Gasteiger partial charge on any atom is -0.478 e. The molecule has 2 N–H and O–H groups in total. The lowest BCUT2D eigenvalue weighted by Gasteiger charge is -2.05. The Labute approximate surface area is 91.0 Å². The van der Waals surface area contributed by atoms with Crippen molar-refractivity contribution in [3.63, 3.8) is 0 Å². The SMILES string of the molecule is CC(O)OOC(=O)c1ccc(C(=O)O)cc1. The third-order valence-electron chi connectivity index (χ3n) is 1.63. The van der Waals surface area contributed by atoms with Crippen molar-refractivity contribution in [2.45, 2.75) is 13.2 Å². The van der Waals surface area contributed by atoms with E-state index in [9.17, 15) is 9.59 Å². The molecule has 1 unspecified atom stereocenters. The molecule has 0 heterocycles. The minimum atomic E-state index is -1.22. The van der Waals surface area contributed by atoms with E-state index in [-0.39, 0.29) is 11.1 Å². The predicted molar refractivity (Wildman–Crippen MR) is 51.6 cm³/mol. The number of carbonyl (C=O) groups is 2. The maximum absolute atomic E-state index is 11.2. The van der Waals surface area contributed by atoms with Gasteiger partial charge in [0.05, 0.1) is 11.1 Å². The van der Waals surface area contributed by atoms with Gasteiger partial charge in [-0.05, 0) is 31.2 Å². The van der Waals surface area contributed by atoms with Crippen molar-refractivity contribution >= 4 is 11.9 Å². The number of carbonyl (C=O) groups excluding carboxylic acids is 1. The van der Waals surface area contributed by atoms with Crippen LogP contribution in [0.5, 0.6) is 0 Å². The highest BCUT2D eigenvalue weighted by Crippen LogP contribution is 2.06. The van der Waals surface area contributed by atoms with E-state index in [1.807, 2.05) is 0 Å². The van der Waals surface area contributed by atoms with Crippen LogP contribution in [0.2, 0.25) is 0 Å². The zero-order valence-electron chi connectivity index (χ0n) is 8.41. The van der Waals surface area contributed by atoms with Gasteiger partial charge in [-0.1, -0.05) is 0 Å². The van der Waals surface area contributed by atoms with E-state index in [0.717, 1.165) is 0 Å². The molecule has 86 valence electrons. The summed E-state index contributed by atoms with van der Waals surface area (Å²) in [5, 5.41) is 17.3. The first-order chi connectivity index (χ1) is 7.50.